The molecular weight excluding hydrogens is 274 g/mol. The molecule has 0 aliphatic carbocycles. The molecule has 0 fully saturated rings. The van der Waals surface area contributed by atoms with Gasteiger partial charge in [0.25, 0.3) is 23.9 Å². The van der Waals surface area contributed by atoms with Crippen LogP contribution in [-0.2, 0) is 37.8 Å². The van der Waals surface area contributed by atoms with Gasteiger partial charge in [0.1, 0.15) is 0 Å². The minimum atomic E-state index is -3.55. The molecule has 18 heavy (non-hydrogen) atoms. The SMILES string of the molecule is CC(=O)O[B-](OC(C)=O)(OC(C)=O)OC(C)=O.[K+]. The fraction of sp³-hybridized carbons (Fsp3) is 0.500. The average molecular weight is 286 g/mol. The first-order valence-corrected chi connectivity index (χ1v) is 4.58. The summed E-state index contributed by atoms with van der Waals surface area (Å²) in [6, 6.07) is 0. The van der Waals surface area contributed by atoms with E-state index in [0.29, 0.717) is 0 Å². The fourth-order valence-corrected chi connectivity index (χ4v) is 0.957. The molecule has 0 unspecified atom stereocenters. The van der Waals surface area contributed by atoms with Crippen LogP contribution in [0.3, 0.4) is 0 Å². The third-order valence-electron chi connectivity index (χ3n) is 1.24. The molecule has 96 valence electrons. The molecule has 0 aromatic rings. The van der Waals surface area contributed by atoms with Crippen molar-refractivity contribution in [3.63, 3.8) is 0 Å². The predicted molar refractivity (Wildman–Crippen MR) is 52.8 cm³/mol. The Hall–Kier alpha value is -0.419. The van der Waals surface area contributed by atoms with Crippen molar-refractivity contribution >= 4 is 30.8 Å². The van der Waals surface area contributed by atoms with Crippen LogP contribution in [0.1, 0.15) is 27.7 Å². The van der Waals surface area contributed by atoms with Crippen molar-refractivity contribution in [1.29, 1.82) is 0 Å². The Morgan fingerprint density at radius 2 is 0.778 bits per heavy atom. The van der Waals surface area contributed by atoms with Crippen LogP contribution in [0.15, 0.2) is 0 Å². The molecule has 0 rings (SSSR count). The Bertz CT molecular complexity index is 285. The topological polar surface area (TPSA) is 105 Å². The van der Waals surface area contributed by atoms with Crippen molar-refractivity contribution in [1.82, 2.24) is 0 Å². The smallest absolute Gasteiger partial charge is 0.585 e. The van der Waals surface area contributed by atoms with Crippen LogP contribution in [-0.4, -0.2) is 30.8 Å². The normalized spacial score (nSPS) is 9.56. The van der Waals surface area contributed by atoms with Gasteiger partial charge < -0.3 is 18.6 Å². The van der Waals surface area contributed by atoms with E-state index in [0.717, 1.165) is 27.7 Å². The molecule has 8 nitrogen and oxygen atoms in total. The first kappa shape index (κ1) is 19.9. The number of hydrogen-bond acceptors (Lipinski definition) is 8. The number of rotatable bonds is 4. The van der Waals surface area contributed by atoms with Crippen LogP contribution in [0.4, 0.5) is 0 Å². The summed E-state index contributed by atoms with van der Waals surface area (Å²) >= 11 is 0. The summed E-state index contributed by atoms with van der Waals surface area (Å²) < 4.78 is 17.9. The van der Waals surface area contributed by atoms with Crippen molar-refractivity contribution in [2.75, 3.05) is 0 Å². The van der Waals surface area contributed by atoms with Gasteiger partial charge in [-0.05, 0) is 0 Å². The minimum Gasteiger partial charge on any atom is -0.585 e. The third kappa shape index (κ3) is 8.64. The van der Waals surface area contributed by atoms with Gasteiger partial charge in [-0.1, -0.05) is 0 Å². The number of carbonyl (C=O) groups excluding carboxylic acids is 4. The van der Waals surface area contributed by atoms with Crippen molar-refractivity contribution < 1.29 is 89.2 Å². The largest absolute Gasteiger partial charge is 1.00 e. The average Bonchev–Trinajstić information content (AvgIpc) is 1.95. The number of carbonyl (C=O) groups is 4. The van der Waals surface area contributed by atoms with Crippen LogP contribution >= 0.6 is 0 Å². The van der Waals surface area contributed by atoms with E-state index in [4.69, 9.17) is 0 Å². The van der Waals surface area contributed by atoms with E-state index in [9.17, 15) is 19.2 Å². The number of hydrogen-bond donors (Lipinski definition) is 0. The first-order chi connectivity index (χ1) is 7.67. The zero-order valence-corrected chi connectivity index (χ0v) is 14.0. The summed E-state index contributed by atoms with van der Waals surface area (Å²) in [5.41, 5.74) is 0. The maximum absolute atomic E-state index is 10.8. The Balaban J connectivity index is 0. The second kappa shape index (κ2) is 8.64. The molecule has 0 saturated carbocycles. The zero-order chi connectivity index (χ0) is 13.6. The van der Waals surface area contributed by atoms with Gasteiger partial charge in [0.2, 0.25) is 0 Å². The van der Waals surface area contributed by atoms with Gasteiger partial charge in [-0.15, -0.1) is 0 Å². The van der Waals surface area contributed by atoms with Crippen LogP contribution < -0.4 is 51.4 Å². The molecule has 0 saturated heterocycles. The zero-order valence-electron chi connectivity index (χ0n) is 10.8. The van der Waals surface area contributed by atoms with Crippen LogP contribution in [0, 0.1) is 0 Å². The standard InChI is InChI=1S/C8H12BO8.K/c1-5(10)14-9(15-6(2)11,16-7(3)12)17-8(4)13;/h1-4H3;/q-1;+1. The maximum Gasteiger partial charge on any atom is 1.00 e. The van der Waals surface area contributed by atoms with Gasteiger partial charge in [0, 0.05) is 27.7 Å². The van der Waals surface area contributed by atoms with Crippen molar-refractivity contribution in [2.45, 2.75) is 27.7 Å². The molecule has 0 aliphatic heterocycles. The monoisotopic (exact) mass is 286 g/mol. The molecule has 0 spiro atoms. The van der Waals surface area contributed by atoms with E-state index < -0.39 is 30.8 Å². The molecule has 0 aromatic carbocycles. The molecule has 0 radical (unpaired) electrons. The van der Waals surface area contributed by atoms with Crippen molar-refractivity contribution in [3.05, 3.63) is 0 Å². The Morgan fingerprint density at radius 1 is 0.611 bits per heavy atom. The van der Waals surface area contributed by atoms with E-state index in [1.165, 1.54) is 0 Å². The van der Waals surface area contributed by atoms with E-state index in [1.54, 1.807) is 0 Å². The van der Waals surface area contributed by atoms with Gasteiger partial charge in [0.05, 0.1) is 0 Å². The van der Waals surface area contributed by atoms with E-state index in [1.807, 2.05) is 0 Å². The van der Waals surface area contributed by atoms with Crippen molar-refractivity contribution in [2.24, 2.45) is 0 Å². The van der Waals surface area contributed by atoms with E-state index in [-0.39, 0.29) is 51.4 Å². The molecule has 0 amide bonds. The summed E-state index contributed by atoms with van der Waals surface area (Å²) in [5.74, 6) is -3.80. The molecule has 0 atom stereocenters. The predicted octanol–water partition coefficient (Wildman–Crippen LogP) is -3.32. The second-order valence-electron chi connectivity index (χ2n) is 3.02. The first-order valence-electron chi connectivity index (χ1n) is 4.58. The summed E-state index contributed by atoms with van der Waals surface area (Å²) in [6.07, 6.45) is 0. The summed E-state index contributed by atoms with van der Waals surface area (Å²) in [5, 5.41) is 0. The van der Waals surface area contributed by atoms with Crippen molar-refractivity contribution in [3.8, 4) is 0 Å². The molecule has 0 N–H and O–H groups in total. The second-order valence-corrected chi connectivity index (χ2v) is 3.02. The van der Waals surface area contributed by atoms with Gasteiger partial charge >= 0.3 is 58.3 Å². The van der Waals surface area contributed by atoms with Crippen LogP contribution in [0.2, 0.25) is 0 Å². The van der Waals surface area contributed by atoms with Crippen LogP contribution in [0.25, 0.3) is 0 Å². The molecule has 0 bridgehead atoms. The summed E-state index contributed by atoms with van der Waals surface area (Å²) in [6.45, 7) is 0.315. The minimum absolute atomic E-state index is 0. The molecule has 0 heterocycles. The van der Waals surface area contributed by atoms with Gasteiger partial charge in [-0.2, -0.15) is 0 Å². The van der Waals surface area contributed by atoms with Crippen LogP contribution in [0.5, 0.6) is 0 Å². The maximum atomic E-state index is 10.8. The molecular formula is C8H12BKO8. The van der Waals surface area contributed by atoms with Gasteiger partial charge in [0.15, 0.2) is 0 Å². The Labute approximate surface area is 146 Å². The molecule has 0 aliphatic rings. The quantitative estimate of drug-likeness (QED) is 0.494. The molecule has 0 aromatic heterocycles. The van der Waals surface area contributed by atoms with E-state index in [2.05, 4.69) is 18.6 Å². The summed E-state index contributed by atoms with van der Waals surface area (Å²) in [7, 11) is 0. The fourth-order valence-electron chi connectivity index (χ4n) is 0.957. The van der Waals surface area contributed by atoms with Gasteiger partial charge in [-0.3, -0.25) is 19.2 Å². The Kier molecular flexibility index (Phi) is 9.56. The summed E-state index contributed by atoms with van der Waals surface area (Å²) in [4.78, 5) is 43.3. The van der Waals surface area contributed by atoms with E-state index >= 15 is 0 Å². The van der Waals surface area contributed by atoms with Gasteiger partial charge in [-0.25, -0.2) is 0 Å². The Morgan fingerprint density at radius 3 is 0.889 bits per heavy atom. The third-order valence-corrected chi connectivity index (χ3v) is 1.24. The molecule has 10 heteroatoms.